The number of carbonyl (C=O) groups excluding carboxylic acids is 3. The van der Waals surface area contributed by atoms with E-state index in [1.54, 1.807) is 38.1 Å². The maximum absolute atomic E-state index is 12.4. The van der Waals surface area contributed by atoms with E-state index in [0.29, 0.717) is 18.1 Å². The first-order chi connectivity index (χ1) is 17.4. The van der Waals surface area contributed by atoms with Crippen molar-refractivity contribution >= 4 is 24.1 Å². The minimum atomic E-state index is -1.50. The number of carbonyl (C=O) groups is 3. The van der Waals surface area contributed by atoms with Crippen LogP contribution in [0.2, 0.25) is 0 Å². The van der Waals surface area contributed by atoms with E-state index in [2.05, 4.69) is 12.2 Å². The first-order valence-corrected chi connectivity index (χ1v) is 12.8. The molecule has 5 N–H and O–H groups in total. The van der Waals surface area contributed by atoms with Crippen LogP contribution in [-0.2, 0) is 9.59 Å². The Bertz CT molecular complexity index is 906. The normalized spacial score (nSPS) is 23.3. The Morgan fingerprint density at radius 3 is 2.24 bits per heavy atom. The predicted molar refractivity (Wildman–Crippen MR) is 146 cm³/mol. The van der Waals surface area contributed by atoms with Crippen LogP contribution in [-0.4, -0.2) is 63.8 Å². The van der Waals surface area contributed by atoms with Crippen LogP contribution in [0.15, 0.2) is 30.4 Å². The Kier molecular flexibility index (Phi) is 17.0. The number of aromatic hydroxyl groups is 1. The van der Waals surface area contributed by atoms with Gasteiger partial charge in [-0.1, -0.05) is 65.3 Å². The topological polar surface area (TPSA) is 144 Å². The molecule has 37 heavy (non-hydrogen) atoms. The number of benzene rings is 1. The minimum absolute atomic E-state index is 0.0338. The van der Waals surface area contributed by atoms with Gasteiger partial charge >= 0.3 is 0 Å². The first kappa shape index (κ1) is 34.2. The monoisotopic (exact) mass is 519 g/mol. The molecule has 0 spiro atoms. The molecule has 208 valence electrons. The van der Waals surface area contributed by atoms with E-state index in [1.165, 1.54) is 12.1 Å². The molecule has 1 aliphatic rings. The third-order valence-electron chi connectivity index (χ3n) is 5.91. The third kappa shape index (κ3) is 13.3. The number of fused-ring (bicyclic) bond motifs is 1. The zero-order valence-electron chi connectivity index (χ0n) is 23.0. The van der Waals surface area contributed by atoms with Crippen molar-refractivity contribution in [1.82, 2.24) is 5.32 Å². The number of ketones is 1. The van der Waals surface area contributed by atoms with Gasteiger partial charge in [0.15, 0.2) is 5.78 Å². The number of aliphatic hydroxyl groups is 3. The van der Waals surface area contributed by atoms with E-state index in [-0.39, 0.29) is 36.1 Å². The molecule has 0 fully saturated rings. The number of phenols is 1. The van der Waals surface area contributed by atoms with Crippen LogP contribution >= 0.6 is 0 Å². The maximum atomic E-state index is 12.4. The fourth-order valence-electron chi connectivity index (χ4n) is 2.82. The maximum Gasteiger partial charge on any atom is 0.255 e. The highest BCUT2D eigenvalue weighted by molar-refractivity contribution is 6.00. The molecular weight excluding hydrogens is 474 g/mol. The number of aryl methyl sites for hydroxylation is 1. The summed E-state index contributed by atoms with van der Waals surface area (Å²) in [4.78, 5) is 34.0. The lowest BCUT2D eigenvalue weighted by Gasteiger charge is -2.16. The second kappa shape index (κ2) is 18.4. The summed E-state index contributed by atoms with van der Waals surface area (Å²) in [5, 5.41) is 41.1. The van der Waals surface area contributed by atoms with Crippen molar-refractivity contribution in [3.8, 4) is 5.75 Å². The van der Waals surface area contributed by atoms with Gasteiger partial charge in [-0.15, -0.1) is 0 Å². The molecule has 0 radical (unpaired) electrons. The van der Waals surface area contributed by atoms with Crippen molar-refractivity contribution in [2.75, 3.05) is 13.2 Å². The van der Waals surface area contributed by atoms with Gasteiger partial charge in [0.05, 0.1) is 11.7 Å². The quantitative estimate of drug-likeness (QED) is 0.382. The molecule has 0 saturated carbocycles. The average molecular weight is 520 g/mol. The summed E-state index contributed by atoms with van der Waals surface area (Å²) in [5.74, 6) is -0.531. The fourth-order valence-corrected chi connectivity index (χ4v) is 2.82. The van der Waals surface area contributed by atoms with Crippen molar-refractivity contribution in [2.45, 2.75) is 73.0 Å². The van der Waals surface area contributed by atoms with Gasteiger partial charge < -0.3 is 30.5 Å². The molecule has 0 bridgehead atoms. The van der Waals surface area contributed by atoms with Gasteiger partial charge in [-0.25, -0.2) is 0 Å². The fraction of sp³-hybridized carbons (Fsp3) is 0.552. The van der Waals surface area contributed by atoms with Crippen LogP contribution in [0, 0.1) is 24.7 Å². The largest absolute Gasteiger partial charge is 0.507 e. The number of phenolic OH excluding ortho intramolecular Hbond substituents is 1. The number of aliphatic hydroxyl groups excluding tert-OH is 3. The SMILES string of the molecule is CC[C@H](C)C=O.CC[C@H](C)CO.Cc1cc(O)c2c(c1)/C=C/C[C@H](O)C(O)C(=O)/C=C\[C@@H](C)CNC2=O. The molecule has 1 heterocycles. The van der Waals surface area contributed by atoms with Crippen LogP contribution in [0.25, 0.3) is 6.08 Å². The van der Waals surface area contributed by atoms with Crippen LogP contribution in [0.1, 0.15) is 75.4 Å². The molecule has 1 aromatic carbocycles. The Morgan fingerprint density at radius 2 is 1.76 bits per heavy atom. The summed E-state index contributed by atoms with van der Waals surface area (Å²) in [6, 6.07) is 3.25. The molecule has 1 aromatic rings. The Hall–Kier alpha value is -2.81. The predicted octanol–water partition coefficient (Wildman–Crippen LogP) is 3.59. The number of rotatable bonds is 4. The summed E-state index contributed by atoms with van der Waals surface area (Å²) in [6.45, 7) is 12.2. The lowest BCUT2D eigenvalue weighted by Crippen LogP contribution is -2.33. The van der Waals surface area contributed by atoms with Gasteiger partial charge in [0.25, 0.3) is 5.91 Å². The second-order valence-electron chi connectivity index (χ2n) is 9.56. The molecule has 1 aliphatic heterocycles. The number of hydrogen-bond acceptors (Lipinski definition) is 7. The molecule has 1 unspecified atom stereocenters. The number of aldehydes is 1. The third-order valence-corrected chi connectivity index (χ3v) is 5.91. The van der Waals surface area contributed by atoms with Crippen molar-refractivity contribution in [3.05, 3.63) is 47.1 Å². The lowest BCUT2D eigenvalue weighted by atomic mass is 9.99. The minimum Gasteiger partial charge on any atom is -0.507 e. The molecule has 0 aliphatic carbocycles. The first-order valence-electron chi connectivity index (χ1n) is 12.8. The molecule has 2 rings (SSSR count). The van der Waals surface area contributed by atoms with Crippen LogP contribution in [0.3, 0.4) is 0 Å². The molecule has 0 saturated heterocycles. The summed E-state index contributed by atoms with van der Waals surface area (Å²) in [5.41, 5.74) is 1.44. The van der Waals surface area contributed by atoms with E-state index in [4.69, 9.17) is 5.11 Å². The summed E-state index contributed by atoms with van der Waals surface area (Å²) in [7, 11) is 0. The van der Waals surface area contributed by atoms with Gasteiger partial charge in [0.2, 0.25) is 0 Å². The second-order valence-corrected chi connectivity index (χ2v) is 9.56. The van der Waals surface area contributed by atoms with E-state index < -0.39 is 23.9 Å². The lowest BCUT2D eigenvalue weighted by molar-refractivity contribution is -0.127. The highest BCUT2D eigenvalue weighted by Crippen LogP contribution is 2.25. The Balaban J connectivity index is 0.000000896. The van der Waals surface area contributed by atoms with E-state index in [9.17, 15) is 29.7 Å². The van der Waals surface area contributed by atoms with Crippen LogP contribution in [0.4, 0.5) is 0 Å². The average Bonchev–Trinajstić information content (AvgIpc) is 2.88. The van der Waals surface area contributed by atoms with Crippen LogP contribution in [0.5, 0.6) is 5.75 Å². The zero-order chi connectivity index (χ0) is 28.5. The Morgan fingerprint density at radius 1 is 1.11 bits per heavy atom. The molecule has 5 atom stereocenters. The molecule has 8 heteroatoms. The standard InChI is InChI=1S/C19H23NO5.C5H12O.C5H10O/c1-11-6-7-15(22)18(24)14(21)5-3-4-13-8-12(2)9-16(23)17(13)19(25)20-10-11;2*1-3-5(2)4-6/h3-4,6-9,11,14,18,21,23-24H,5,10H2,1-2H3,(H,20,25);5-6H,3-4H2,1-2H3;4-5H,3H2,1-2H3/b4-3+,7-6-;;/t11-,14+,18?;2*5-/m100/s1. The Labute approximate surface area is 221 Å². The number of amides is 1. The van der Waals surface area contributed by atoms with Gasteiger partial charge in [0.1, 0.15) is 18.1 Å². The van der Waals surface area contributed by atoms with Gasteiger partial charge in [0, 0.05) is 19.1 Å². The van der Waals surface area contributed by atoms with Gasteiger partial charge in [-0.3, -0.25) is 9.59 Å². The summed E-state index contributed by atoms with van der Waals surface area (Å²) in [6.07, 6.45) is 6.23. The van der Waals surface area contributed by atoms with Crippen LogP contribution < -0.4 is 5.32 Å². The van der Waals surface area contributed by atoms with E-state index >= 15 is 0 Å². The van der Waals surface area contributed by atoms with Gasteiger partial charge in [-0.05, 0) is 54.9 Å². The summed E-state index contributed by atoms with van der Waals surface area (Å²) >= 11 is 0. The smallest absolute Gasteiger partial charge is 0.255 e. The summed E-state index contributed by atoms with van der Waals surface area (Å²) < 4.78 is 0. The van der Waals surface area contributed by atoms with Crippen molar-refractivity contribution in [3.63, 3.8) is 0 Å². The van der Waals surface area contributed by atoms with Crippen molar-refractivity contribution in [2.24, 2.45) is 17.8 Å². The van der Waals surface area contributed by atoms with Gasteiger partial charge in [-0.2, -0.15) is 0 Å². The molecule has 1 amide bonds. The highest BCUT2D eigenvalue weighted by Gasteiger charge is 2.22. The molecule has 8 nitrogen and oxygen atoms in total. The molecule has 0 aromatic heterocycles. The van der Waals surface area contributed by atoms with Crippen molar-refractivity contribution < 1.29 is 34.8 Å². The van der Waals surface area contributed by atoms with E-state index in [0.717, 1.165) is 24.7 Å². The van der Waals surface area contributed by atoms with E-state index in [1.807, 2.05) is 20.8 Å². The van der Waals surface area contributed by atoms with Crippen molar-refractivity contribution in [1.29, 1.82) is 0 Å². The zero-order valence-corrected chi connectivity index (χ0v) is 23.0. The number of nitrogens with one attached hydrogen (secondary N) is 1. The molecular formula is C29H45NO7. The number of hydrogen-bond donors (Lipinski definition) is 5. The highest BCUT2D eigenvalue weighted by atomic mass is 16.3.